The Morgan fingerprint density at radius 1 is 1.19 bits per heavy atom. The van der Waals surface area contributed by atoms with Gasteiger partial charge in [-0.15, -0.1) is 0 Å². The van der Waals surface area contributed by atoms with Crippen LogP contribution in [0.4, 0.5) is 10.5 Å². The van der Waals surface area contributed by atoms with E-state index in [9.17, 15) is 4.79 Å². The largest absolute Gasteiger partial charge is 0.488 e. The number of fused-ring (bicyclic) bond motifs is 2. The van der Waals surface area contributed by atoms with Crippen molar-refractivity contribution in [3.05, 3.63) is 77.6 Å². The molecule has 0 radical (unpaired) electrons. The first-order chi connectivity index (χ1) is 13.1. The van der Waals surface area contributed by atoms with E-state index >= 15 is 0 Å². The van der Waals surface area contributed by atoms with Crippen molar-refractivity contribution in [2.24, 2.45) is 0 Å². The summed E-state index contributed by atoms with van der Waals surface area (Å²) in [7, 11) is 0. The molecular weight excluding hydrogens is 342 g/mol. The monoisotopic (exact) mass is 361 g/mol. The van der Waals surface area contributed by atoms with Gasteiger partial charge in [0.25, 0.3) is 0 Å². The lowest BCUT2D eigenvalue weighted by atomic mass is 10.0. The van der Waals surface area contributed by atoms with Crippen molar-refractivity contribution in [2.75, 3.05) is 18.5 Å². The smallest absolute Gasteiger partial charge is 0.411 e. The zero-order valence-corrected chi connectivity index (χ0v) is 15.0. The molecule has 5 nitrogen and oxygen atoms in total. The molecule has 2 aliphatic heterocycles. The van der Waals surface area contributed by atoms with E-state index in [4.69, 9.17) is 14.2 Å². The van der Waals surface area contributed by atoms with Crippen LogP contribution in [0.5, 0.6) is 11.5 Å². The lowest BCUT2D eigenvalue weighted by molar-refractivity contribution is 0.167. The van der Waals surface area contributed by atoms with Gasteiger partial charge in [0.1, 0.15) is 30.5 Å². The number of para-hydroxylation sites is 1. The quantitative estimate of drug-likeness (QED) is 0.834. The Bertz CT molecular complexity index is 988. The van der Waals surface area contributed by atoms with E-state index in [1.807, 2.05) is 55.5 Å². The van der Waals surface area contributed by atoms with E-state index in [2.05, 4.69) is 11.9 Å². The van der Waals surface area contributed by atoms with Gasteiger partial charge in [0, 0.05) is 28.5 Å². The number of rotatable bonds is 3. The normalized spacial score (nSPS) is 14.6. The van der Waals surface area contributed by atoms with Gasteiger partial charge in [-0.3, -0.25) is 5.32 Å². The van der Waals surface area contributed by atoms with E-state index in [0.29, 0.717) is 23.8 Å². The van der Waals surface area contributed by atoms with E-state index < -0.39 is 6.09 Å². The van der Waals surface area contributed by atoms with Gasteiger partial charge in [-0.05, 0) is 42.8 Å². The molecule has 2 heterocycles. The molecule has 0 fully saturated rings. The van der Waals surface area contributed by atoms with Crippen LogP contribution in [0.25, 0.3) is 11.6 Å². The fraction of sp³-hybridized carbons (Fsp3) is 0.136. The second-order valence-corrected chi connectivity index (χ2v) is 6.44. The van der Waals surface area contributed by atoms with Crippen molar-refractivity contribution in [2.45, 2.75) is 6.92 Å². The van der Waals surface area contributed by atoms with Crippen LogP contribution in [-0.4, -0.2) is 19.3 Å². The van der Waals surface area contributed by atoms with Crippen molar-refractivity contribution < 1.29 is 19.0 Å². The lowest BCUT2D eigenvalue weighted by Crippen LogP contribution is -2.18. The maximum absolute atomic E-state index is 12.1. The predicted molar refractivity (Wildman–Crippen MR) is 105 cm³/mol. The number of ether oxygens (including phenoxy) is 3. The number of benzene rings is 2. The van der Waals surface area contributed by atoms with Crippen LogP contribution < -0.4 is 14.8 Å². The average Bonchev–Trinajstić information content (AvgIpc) is 2.66. The number of nitrogens with one attached hydrogen (secondary N) is 1. The van der Waals surface area contributed by atoms with Crippen molar-refractivity contribution in [3.63, 3.8) is 0 Å². The Labute approximate surface area is 157 Å². The highest BCUT2D eigenvalue weighted by Crippen LogP contribution is 2.34. The van der Waals surface area contributed by atoms with E-state index in [0.717, 1.165) is 28.0 Å². The first-order valence-corrected chi connectivity index (χ1v) is 8.63. The molecule has 0 atom stereocenters. The summed E-state index contributed by atoms with van der Waals surface area (Å²) in [5.74, 6) is 2.08. The molecule has 0 saturated carbocycles. The number of amides is 1. The third-order valence-corrected chi connectivity index (χ3v) is 4.35. The second kappa shape index (κ2) is 7.03. The topological polar surface area (TPSA) is 56.8 Å². The van der Waals surface area contributed by atoms with Gasteiger partial charge in [0.2, 0.25) is 0 Å². The van der Waals surface area contributed by atoms with Gasteiger partial charge in [-0.2, -0.15) is 0 Å². The molecule has 0 bridgehead atoms. The van der Waals surface area contributed by atoms with Crippen LogP contribution in [-0.2, 0) is 4.74 Å². The standard InChI is InChI=1S/C22H19NO4/c1-14-9-15(2)27-21-11-18(7-8-19(14)21)23-22(24)26-13-16-10-17-5-3-4-6-20(17)25-12-16/h3-11H,2,12-13H2,1H3,(H,23,24). The highest BCUT2D eigenvalue weighted by molar-refractivity contribution is 5.86. The highest BCUT2D eigenvalue weighted by Gasteiger charge is 2.16. The Morgan fingerprint density at radius 2 is 2.04 bits per heavy atom. The summed E-state index contributed by atoms with van der Waals surface area (Å²) in [6.45, 7) is 6.39. The van der Waals surface area contributed by atoms with Crippen LogP contribution in [0.3, 0.4) is 0 Å². The van der Waals surface area contributed by atoms with Crippen molar-refractivity contribution in [1.82, 2.24) is 0 Å². The van der Waals surface area contributed by atoms with Gasteiger partial charge in [0.15, 0.2) is 0 Å². The summed E-state index contributed by atoms with van der Waals surface area (Å²) in [4.78, 5) is 12.1. The molecule has 1 N–H and O–H groups in total. The van der Waals surface area contributed by atoms with Crippen LogP contribution >= 0.6 is 0 Å². The molecule has 0 aromatic heterocycles. The molecule has 5 heteroatoms. The highest BCUT2D eigenvalue weighted by atomic mass is 16.6. The minimum atomic E-state index is -0.531. The average molecular weight is 361 g/mol. The number of anilines is 1. The predicted octanol–water partition coefficient (Wildman–Crippen LogP) is 5.02. The number of hydrogen-bond donors (Lipinski definition) is 1. The molecule has 1 amide bonds. The Morgan fingerprint density at radius 3 is 2.93 bits per heavy atom. The molecule has 0 saturated heterocycles. The third kappa shape index (κ3) is 3.72. The van der Waals surface area contributed by atoms with Crippen molar-refractivity contribution in [1.29, 1.82) is 0 Å². The molecular formula is C22H19NO4. The summed E-state index contributed by atoms with van der Waals surface area (Å²) in [6, 6.07) is 13.2. The van der Waals surface area contributed by atoms with E-state index in [1.165, 1.54) is 0 Å². The van der Waals surface area contributed by atoms with Crippen LogP contribution in [0, 0.1) is 0 Å². The number of hydrogen-bond acceptors (Lipinski definition) is 4. The molecule has 2 aromatic rings. The van der Waals surface area contributed by atoms with E-state index in [-0.39, 0.29) is 6.61 Å². The summed E-state index contributed by atoms with van der Waals surface area (Å²) in [6.07, 6.45) is 3.33. The summed E-state index contributed by atoms with van der Waals surface area (Å²) in [5.41, 5.74) is 4.53. The van der Waals surface area contributed by atoms with Gasteiger partial charge >= 0.3 is 6.09 Å². The molecule has 136 valence electrons. The summed E-state index contributed by atoms with van der Waals surface area (Å²) in [5, 5.41) is 2.72. The Hall–Kier alpha value is -3.47. The molecule has 27 heavy (non-hydrogen) atoms. The molecule has 0 unspecified atom stereocenters. The van der Waals surface area contributed by atoms with Gasteiger partial charge in [-0.25, -0.2) is 4.79 Å². The molecule has 2 aliphatic rings. The van der Waals surface area contributed by atoms with Crippen LogP contribution in [0.15, 0.2) is 66.5 Å². The zero-order chi connectivity index (χ0) is 18.8. The van der Waals surface area contributed by atoms with Gasteiger partial charge in [0.05, 0.1) is 0 Å². The van der Waals surface area contributed by atoms with E-state index in [1.54, 1.807) is 6.07 Å². The lowest BCUT2D eigenvalue weighted by Gasteiger charge is -2.19. The molecule has 2 aromatic carbocycles. The second-order valence-electron chi connectivity index (χ2n) is 6.44. The first-order valence-electron chi connectivity index (χ1n) is 8.63. The number of carbonyl (C=O) groups is 1. The molecule has 0 aliphatic carbocycles. The molecule has 0 spiro atoms. The number of carbonyl (C=O) groups excluding carboxylic acids is 1. The summed E-state index contributed by atoms with van der Waals surface area (Å²) >= 11 is 0. The maximum Gasteiger partial charge on any atom is 0.411 e. The van der Waals surface area contributed by atoms with Crippen LogP contribution in [0.2, 0.25) is 0 Å². The minimum absolute atomic E-state index is 0.167. The van der Waals surface area contributed by atoms with Crippen molar-refractivity contribution in [3.8, 4) is 11.5 Å². The zero-order valence-electron chi connectivity index (χ0n) is 15.0. The number of allylic oxidation sites excluding steroid dienone is 2. The third-order valence-electron chi connectivity index (χ3n) is 4.35. The van der Waals surface area contributed by atoms with Gasteiger partial charge < -0.3 is 14.2 Å². The van der Waals surface area contributed by atoms with Crippen molar-refractivity contribution >= 4 is 23.4 Å². The first kappa shape index (κ1) is 17.0. The fourth-order valence-electron chi connectivity index (χ4n) is 3.06. The Balaban J connectivity index is 1.38. The maximum atomic E-state index is 12.1. The van der Waals surface area contributed by atoms with Crippen LogP contribution in [0.1, 0.15) is 18.1 Å². The Kier molecular flexibility index (Phi) is 4.42. The SMILES string of the molecule is C=C1C=C(C)c2ccc(NC(=O)OCC3=Cc4ccccc4OC3)cc2O1. The fourth-order valence-corrected chi connectivity index (χ4v) is 3.06. The minimum Gasteiger partial charge on any atom is -0.488 e. The molecule has 4 rings (SSSR count). The van der Waals surface area contributed by atoms with Gasteiger partial charge in [-0.1, -0.05) is 24.8 Å². The summed E-state index contributed by atoms with van der Waals surface area (Å²) < 4.78 is 16.6.